The van der Waals surface area contributed by atoms with Crippen molar-refractivity contribution in [1.29, 1.82) is 0 Å². The van der Waals surface area contributed by atoms with Crippen LogP contribution >= 0.6 is 0 Å². The molecule has 0 aliphatic carbocycles. The predicted octanol–water partition coefficient (Wildman–Crippen LogP) is 17.5. The van der Waals surface area contributed by atoms with Crippen LogP contribution in [0.25, 0.3) is 0 Å². The van der Waals surface area contributed by atoms with Gasteiger partial charge in [0.05, 0.1) is 0 Å². The minimum absolute atomic E-state index is 0.503. The van der Waals surface area contributed by atoms with Crippen molar-refractivity contribution < 1.29 is 198 Å². The summed E-state index contributed by atoms with van der Waals surface area (Å²) in [5.74, 6) is -146. The van der Waals surface area contributed by atoms with Crippen molar-refractivity contribution in [2.45, 2.75) is 140 Å². The van der Waals surface area contributed by atoms with Gasteiger partial charge in [0.15, 0.2) is 0 Å². The third kappa shape index (κ3) is 11.6. The Hall–Kier alpha value is -4.30. The topological polar surface area (TPSA) is 26.3 Å². The van der Waals surface area contributed by atoms with E-state index in [0.29, 0.717) is 0 Å². The number of ether oxygens (including phenoxy) is 1. The van der Waals surface area contributed by atoms with Crippen LogP contribution in [0.5, 0.6) is 5.75 Å². The molecule has 0 saturated heterocycles. The average molecular weight is 1430 g/mol. The molecule has 0 aliphatic rings. The molecule has 0 N–H and O–H groups in total. The molecule has 2 aromatic rings. The van der Waals surface area contributed by atoms with Crippen molar-refractivity contribution in [3.63, 3.8) is 0 Å². The number of hydrogen-bond donors (Lipinski definition) is 0. The van der Waals surface area contributed by atoms with Gasteiger partial charge in [-0.2, -0.15) is 0 Å². The summed E-state index contributed by atoms with van der Waals surface area (Å²) >= 11 is -8.71. The van der Waals surface area contributed by atoms with E-state index in [1.807, 2.05) is 0 Å². The number of rotatable bonds is 24. The van der Waals surface area contributed by atoms with Crippen LogP contribution in [-0.2, 0) is 0 Å². The molecule has 0 aromatic heterocycles. The molecule has 482 valence electrons. The zero-order chi connectivity index (χ0) is 66.6. The molecule has 83 heavy (non-hydrogen) atoms. The second-order valence-electron chi connectivity index (χ2n) is 17.0. The van der Waals surface area contributed by atoms with Gasteiger partial charge < -0.3 is 0 Å². The Morgan fingerprint density at radius 2 is 0.542 bits per heavy atom. The molecular formula is C37H17F43O2Sn. The number of alkyl halides is 39. The summed E-state index contributed by atoms with van der Waals surface area (Å²) in [6.45, 7) is 0. The number of benzene rings is 2. The normalized spacial score (nSPS) is 15.7. The van der Waals surface area contributed by atoms with Crippen LogP contribution in [0.1, 0.15) is 29.6 Å². The molecule has 0 aliphatic heterocycles. The maximum atomic E-state index is 15.3. The molecule has 0 amide bonds. The second-order valence-corrected chi connectivity index (χ2v) is 30.3. The fourth-order valence-electron chi connectivity index (χ4n) is 6.63. The Balaban J connectivity index is 3.28. The summed E-state index contributed by atoms with van der Waals surface area (Å²) in [5, 5.41) is 0. The zero-order valence-electron chi connectivity index (χ0n) is 37.7. The van der Waals surface area contributed by atoms with Crippen molar-refractivity contribution in [2.75, 3.05) is 0 Å². The Bertz CT molecular complexity index is 2430. The van der Waals surface area contributed by atoms with Crippen LogP contribution in [0.2, 0.25) is 13.3 Å². The van der Waals surface area contributed by atoms with Crippen LogP contribution in [0.3, 0.4) is 0 Å². The summed E-state index contributed by atoms with van der Waals surface area (Å²) in [7, 11) is 0. The van der Waals surface area contributed by atoms with E-state index < -0.39 is 233 Å². The molecule has 2 rings (SSSR count). The van der Waals surface area contributed by atoms with Gasteiger partial charge in [0, 0.05) is 0 Å². The molecule has 46 heteroatoms. The first-order valence-electron chi connectivity index (χ1n) is 20.0. The van der Waals surface area contributed by atoms with Gasteiger partial charge >= 0.3 is 431 Å². The third-order valence-electron chi connectivity index (χ3n) is 11.7. The fraction of sp³-hybridized carbons (Fsp3) is 0.649. The van der Waals surface area contributed by atoms with E-state index in [4.69, 9.17) is 0 Å². The monoisotopic (exact) mass is 1430 g/mol. The van der Waals surface area contributed by atoms with Gasteiger partial charge in [-0.1, -0.05) is 0 Å². The minimum atomic E-state index is -9.04. The molecule has 2 aromatic carbocycles. The van der Waals surface area contributed by atoms with Gasteiger partial charge in [-0.15, -0.1) is 0 Å². The summed E-state index contributed by atoms with van der Waals surface area (Å²) in [6, 6.07) is -2.96. The van der Waals surface area contributed by atoms with Gasteiger partial charge in [0.2, 0.25) is 0 Å². The number of halogens is 43. The fourth-order valence-corrected chi connectivity index (χ4v) is 20.5. The van der Waals surface area contributed by atoms with Crippen LogP contribution in [0.15, 0.2) is 30.3 Å². The van der Waals surface area contributed by atoms with E-state index in [1.54, 1.807) is 0 Å². The first-order chi connectivity index (χ1) is 36.0. The van der Waals surface area contributed by atoms with Gasteiger partial charge in [0.1, 0.15) is 0 Å². The molecule has 0 bridgehead atoms. The summed E-state index contributed by atoms with van der Waals surface area (Å²) in [4.78, 5) is 12.6. The Labute approximate surface area is 431 Å². The van der Waals surface area contributed by atoms with E-state index in [1.165, 1.54) is 0 Å². The van der Waals surface area contributed by atoms with Crippen molar-refractivity contribution in [2.24, 2.45) is 0 Å². The molecule has 2 nitrogen and oxygen atoms in total. The summed E-state index contributed by atoms with van der Waals surface area (Å²) in [5.41, 5.74) is -1.78. The maximum absolute atomic E-state index is 15.3. The second kappa shape index (κ2) is 21.5. The molecule has 0 saturated carbocycles. The number of hydrogen-bond acceptors (Lipinski definition) is 2. The standard InChI is InChI=1S/C13H5F4O2.3C8H4F13.Sn/c14-8-6-9(15)11(17)12(10(8)16)19-13(18)7-4-2-1-3-5-7;3*1-2-3(9,10)4(11,12)5(13,14)6(15,16)7(17,18)8(19,20)21;/h2-6H;3*1-2H2;. The van der Waals surface area contributed by atoms with Crippen molar-refractivity contribution in [1.82, 2.24) is 0 Å². The average Bonchev–Trinajstić information content (AvgIpc) is 3.30. The van der Waals surface area contributed by atoms with Crippen LogP contribution < -0.4 is 8.32 Å². The van der Waals surface area contributed by atoms with E-state index in [9.17, 15) is 167 Å². The van der Waals surface area contributed by atoms with Crippen molar-refractivity contribution in [3.05, 3.63) is 59.2 Å². The molecular weight excluding hydrogens is 1410 g/mol. The molecule has 0 atom stereocenters. The zero-order valence-corrected chi connectivity index (χ0v) is 40.6. The van der Waals surface area contributed by atoms with Crippen molar-refractivity contribution in [3.8, 4) is 5.75 Å². The molecule has 0 radical (unpaired) electrons. The number of esters is 1. The molecule has 0 unspecified atom stereocenters. The van der Waals surface area contributed by atoms with Crippen LogP contribution in [0, 0.1) is 23.3 Å². The van der Waals surface area contributed by atoms with Gasteiger partial charge in [-0.05, 0) is 0 Å². The molecule has 0 fully saturated rings. The Kier molecular flexibility index (Phi) is 19.4. The third-order valence-corrected chi connectivity index (χ3v) is 26.5. The van der Waals surface area contributed by atoms with Gasteiger partial charge in [-0.25, -0.2) is 0 Å². The Morgan fingerprint density at radius 1 is 0.325 bits per heavy atom. The first-order valence-corrected chi connectivity index (χ1v) is 27.5. The number of carbonyl (C=O) groups is 1. The predicted molar refractivity (Wildman–Crippen MR) is 184 cm³/mol. The molecule has 0 heterocycles. The van der Waals surface area contributed by atoms with Gasteiger partial charge in [-0.3, -0.25) is 0 Å². The van der Waals surface area contributed by atoms with Crippen LogP contribution in [0.4, 0.5) is 189 Å². The van der Waals surface area contributed by atoms with E-state index in [0.717, 1.165) is 0 Å². The van der Waals surface area contributed by atoms with E-state index >= 15 is 26.3 Å². The Morgan fingerprint density at radius 3 is 0.759 bits per heavy atom. The summed E-state index contributed by atoms with van der Waals surface area (Å²) in [6.07, 6.45) is -37.6. The first kappa shape index (κ1) is 74.8. The molecule has 0 spiro atoms. The van der Waals surface area contributed by atoms with Gasteiger partial charge in [0.25, 0.3) is 0 Å². The van der Waals surface area contributed by atoms with E-state index in [-0.39, 0.29) is 0 Å². The SMILES string of the molecule is O=C(Oc1c(F)c(F)cc(F)c1F)c1cc[c]([Sn]([CH2]CC(F)(F)C(F)(F)C(F)(F)C(F)(F)C(F)(F)C(F)(F)F)([CH2]CC(F)(F)C(F)(F)C(F)(F)C(F)(F)C(F)(F)C(F)(F)F)[CH2]CC(F)(F)C(F)(F)C(F)(F)C(F)(F)C(F)(F)C(F)(F)F)cc1. The van der Waals surface area contributed by atoms with Crippen LogP contribution in [-0.4, -0.2) is 132 Å². The number of carbonyl (C=O) groups excluding carboxylic acids is 1. The summed E-state index contributed by atoms with van der Waals surface area (Å²) < 4.78 is 594. The van der Waals surface area contributed by atoms with E-state index in [2.05, 4.69) is 4.74 Å². The van der Waals surface area contributed by atoms with Crippen molar-refractivity contribution >= 4 is 27.9 Å². The quantitative estimate of drug-likeness (QED) is 0.0344.